The molecule has 5 heteroatoms. The van der Waals surface area contributed by atoms with E-state index in [0.717, 1.165) is 31.0 Å². The number of aryl methyl sites for hydroxylation is 1. The normalized spacial score (nSPS) is 19.7. The van der Waals surface area contributed by atoms with Crippen LogP contribution in [0.5, 0.6) is 0 Å². The van der Waals surface area contributed by atoms with Crippen LogP contribution in [0, 0.1) is 6.92 Å². The number of furan rings is 1. The molecule has 0 aliphatic carbocycles. The van der Waals surface area contributed by atoms with E-state index in [1.54, 1.807) is 24.8 Å². The molecule has 17 heavy (non-hydrogen) atoms. The van der Waals surface area contributed by atoms with Gasteiger partial charge in [-0.25, -0.2) is 4.79 Å². The van der Waals surface area contributed by atoms with Gasteiger partial charge in [-0.3, -0.25) is 0 Å². The largest absolute Gasteiger partial charge is 0.478 e. The smallest absolute Gasteiger partial charge is 0.339 e. The Balaban J connectivity index is 1.82. The number of carboxylic acid groups (broad SMARTS) is 1. The Morgan fingerprint density at radius 1 is 1.65 bits per heavy atom. The van der Waals surface area contributed by atoms with E-state index < -0.39 is 5.97 Å². The van der Waals surface area contributed by atoms with Gasteiger partial charge in [0, 0.05) is 12.4 Å². The molecule has 94 valence electrons. The fourth-order valence-electron chi connectivity index (χ4n) is 1.89. The number of ether oxygens (including phenoxy) is 1. The first kappa shape index (κ1) is 12.5. The van der Waals surface area contributed by atoms with Crippen molar-refractivity contribution in [1.82, 2.24) is 0 Å². The van der Waals surface area contributed by atoms with Crippen LogP contribution < -0.4 is 0 Å². The van der Waals surface area contributed by atoms with Crippen LogP contribution in [0.25, 0.3) is 0 Å². The van der Waals surface area contributed by atoms with Gasteiger partial charge in [-0.2, -0.15) is 11.8 Å². The van der Waals surface area contributed by atoms with Crippen LogP contribution >= 0.6 is 11.8 Å². The van der Waals surface area contributed by atoms with Gasteiger partial charge in [-0.1, -0.05) is 0 Å². The predicted molar refractivity (Wildman–Crippen MR) is 65.5 cm³/mol. The zero-order chi connectivity index (χ0) is 12.3. The van der Waals surface area contributed by atoms with E-state index in [1.165, 1.54) is 0 Å². The van der Waals surface area contributed by atoms with E-state index in [2.05, 4.69) is 0 Å². The Bertz CT molecular complexity index is 393. The van der Waals surface area contributed by atoms with Crippen LogP contribution in [0.15, 0.2) is 10.5 Å². The molecule has 1 N–H and O–H groups in total. The summed E-state index contributed by atoms with van der Waals surface area (Å²) in [6.45, 7) is 2.55. The van der Waals surface area contributed by atoms with Crippen LogP contribution in [-0.2, 0) is 10.5 Å². The summed E-state index contributed by atoms with van der Waals surface area (Å²) in [7, 11) is 0. The van der Waals surface area contributed by atoms with Gasteiger partial charge in [-0.15, -0.1) is 0 Å². The van der Waals surface area contributed by atoms with Crippen LogP contribution in [0.3, 0.4) is 0 Å². The molecule has 1 aromatic heterocycles. The van der Waals surface area contributed by atoms with Gasteiger partial charge in [0.15, 0.2) is 0 Å². The minimum absolute atomic E-state index is 0.262. The monoisotopic (exact) mass is 256 g/mol. The summed E-state index contributed by atoms with van der Waals surface area (Å²) in [4.78, 5) is 10.8. The van der Waals surface area contributed by atoms with Crippen molar-refractivity contribution in [2.24, 2.45) is 0 Å². The predicted octanol–water partition coefficient (Wildman–Crippen LogP) is 2.70. The van der Waals surface area contributed by atoms with Gasteiger partial charge in [0.25, 0.3) is 0 Å². The minimum Gasteiger partial charge on any atom is -0.478 e. The number of hydrogen-bond acceptors (Lipinski definition) is 4. The molecule has 2 rings (SSSR count). The molecule has 0 radical (unpaired) electrons. The summed E-state index contributed by atoms with van der Waals surface area (Å²) < 4.78 is 10.9. The van der Waals surface area contributed by atoms with Crippen LogP contribution in [-0.4, -0.2) is 29.5 Å². The Morgan fingerprint density at radius 3 is 3.06 bits per heavy atom. The third kappa shape index (κ3) is 3.26. The molecule has 1 aliphatic heterocycles. The third-order valence-corrected chi connectivity index (χ3v) is 3.87. The average molecular weight is 256 g/mol. The molecule has 0 aromatic carbocycles. The quantitative estimate of drug-likeness (QED) is 0.877. The van der Waals surface area contributed by atoms with Crippen molar-refractivity contribution in [2.45, 2.75) is 31.6 Å². The molecule has 0 unspecified atom stereocenters. The zero-order valence-corrected chi connectivity index (χ0v) is 10.6. The summed E-state index contributed by atoms with van der Waals surface area (Å²) in [5.41, 5.74) is 0.262. The molecule has 1 aliphatic rings. The molecule has 2 heterocycles. The number of aromatic carboxylic acids is 1. The summed E-state index contributed by atoms with van der Waals surface area (Å²) in [5.74, 6) is 1.92. The maximum absolute atomic E-state index is 10.8. The van der Waals surface area contributed by atoms with Crippen LogP contribution in [0.4, 0.5) is 0 Å². The molecule has 1 atom stereocenters. The van der Waals surface area contributed by atoms with Crippen molar-refractivity contribution in [3.8, 4) is 0 Å². The minimum atomic E-state index is -0.929. The van der Waals surface area contributed by atoms with Gasteiger partial charge in [0.05, 0.1) is 11.9 Å². The molecule has 1 aromatic rings. The van der Waals surface area contributed by atoms with E-state index in [1.807, 2.05) is 0 Å². The number of carboxylic acids is 1. The van der Waals surface area contributed by atoms with Gasteiger partial charge in [0.2, 0.25) is 0 Å². The van der Waals surface area contributed by atoms with Gasteiger partial charge >= 0.3 is 5.97 Å². The summed E-state index contributed by atoms with van der Waals surface area (Å²) in [6.07, 6.45) is 2.63. The Kier molecular flexibility index (Phi) is 4.12. The summed E-state index contributed by atoms with van der Waals surface area (Å²) in [5, 5.41) is 8.89. The van der Waals surface area contributed by atoms with Crippen LogP contribution in [0.2, 0.25) is 0 Å². The highest BCUT2D eigenvalue weighted by atomic mass is 32.2. The van der Waals surface area contributed by atoms with E-state index in [9.17, 15) is 4.79 Å². The highest BCUT2D eigenvalue weighted by molar-refractivity contribution is 7.98. The second-order valence-electron chi connectivity index (χ2n) is 4.14. The first-order valence-corrected chi connectivity index (χ1v) is 6.84. The molecule has 0 bridgehead atoms. The van der Waals surface area contributed by atoms with Crippen molar-refractivity contribution in [3.05, 3.63) is 23.2 Å². The molecule has 1 saturated heterocycles. The topological polar surface area (TPSA) is 59.7 Å². The van der Waals surface area contributed by atoms with E-state index >= 15 is 0 Å². The molecule has 1 fully saturated rings. The average Bonchev–Trinajstić information content (AvgIpc) is 2.88. The fourth-order valence-corrected chi connectivity index (χ4v) is 2.88. The molecule has 0 amide bonds. The molecule has 0 saturated carbocycles. The molecule has 4 nitrogen and oxygen atoms in total. The summed E-state index contributed by atoms with van der Waals surface area (Å²) in [6, 6.07) is 1.61. The number of carbonyl (C=O) groups is 1. The van der Waals surface area contributed by atoms with Crippen molar-refractivity contribution < 1.29 is 19.1 Å². The SMILES string of the molecule is Cc1oc(CSC[C@@H]2CCCO2)cc1C(=O)O. The van der Waals surface area contributed by atoms with Gasteiger partial charge < -0.3 is 14.3 Å². The highest BCUT2D eigenvalue weighted by Gasteiger charge is 2.17. The van der Waals surface area contributed by atoms with Gasteiger partial charge in [0.1, 0.15) is 17.1 Å². The third-order valence-electron chi connectivity index (χ3n) is 2.77. The fraction of sp³-hybridized carbons (Fsp3) is 0.583. The maximum atomic E-state index is 10.8. The van der Waals surface area contributed by atoms with E-state index in [0.29, 0.717) is 17.6 Å². The van der Waals surface area contributed by atoms with Crippen molar-refractivity contribution in [1.29, 1.82) is 0 Å². The van der Waals surface area contributed by atoms with Gasteiger partial charge in [-0.05, 0) is 25.8 Å². The second-order valence-corrected chi connectivity index (χ2v) is 5.17. The number of thioether (sulfide) groups is 1. The number of rotatable bonds is 5. The maximum Gasteiger partial charge on any atom is 0.339 e. The lowest BCUT2D eigenvalue weighted by Crippen LogP contribution is -2.07. The molecular formula is C12H16O4S. The lowest BCUT2D eigenvalue weighted by Gasteiger charge is -2.07. The Labute approximate surface area is 104 Å². The van der Waals surface area contributed by atoms with Crippen molar-refractivity contribution in [2.75, 3.05) is 12.4 Å². The standard InChI is InChI=1S/C12H16O4S/c1-8-11(12(13)14)5-10(16-8)7-17-6-9-3-2-4-15-9/h5,9H,2-4,6-7H2,1H3,(H,13,14)/t9-/m0/s1. The Hall–Kier alpha value is -0.940. The first-order valence-electron chi connectivity index (χ1n) is 5.69. The van der Waals surface area contributed by atoms with E-state index in [4.69, 9.17) is 14.3 Å². The summed E-state index contributed by atoms with van der Waals surface area (Å²) >= 11 is 1.73. The second kappa shape index (κ2) is 5.60. The molecule has 0 spiro atoms. The lowest BCUT2D eigenvalue weighted by atomic mass is 10.2. The van der Waals surface area contributed by atoms with Crippen molar-refractivity contribution >= 4 is 17.7 Å². The zero-order valence-electron chi connectivity index (χ0n) is 9.77. The van der Waals surface area contributed by atoms with Crippen LogP contribution in [0.1, 0.15) is 34.7 Å². The van der Waals surface area contributed by atoms with Crippen molar-refractivity contribution in [3.63, 3.8) is 0 Å². The lowest BCUT2D eigenvalue weighted by molar-refractivity contribution is 0.0695. The Morgan fingerprint density at radius 2 is 2.47 bits per heavy atom. The van der Waals surface area contributed by atoms with E-state index in [-0.39, 0.29) is 5.56 Å². The first-order chi connectivity index (χ1) is 8.16. The number of hydrogen-bond donors (Lipinski definition) is 1. The highest BCUT2D eigenvalue weighted by Crippen LogP contribution is 2.23. The molecular weight excluding hydrogens is 240 g/mol.